The topological polar surface area (TPSA) is 74.6 Å². The monoisotopic (exact) mass is 400 g/mol. The van der Waals surface area contributed by atoms with Gasteiger partial charge in [-0.05, 0) is 28.5 Å². The first-order chi connectivity index (χ1) is 13.0. The van der Waals surface area contributed by atoms with E-state index in [0.29, 0.717) is 11.1 Å². The summed E-state index contributed by atoms with van der Waals surface area (Å²) in [6.45, 7) is 0. The van der Waals surface area contributed by atoms with Gasteiger partial charge < -0.3 is 14.8 Å². The molecule has 0 amide bonds. The van der Waals surface area contributed by atoms with Crippen molar-refractivity contribution in [1.82, 2.24) is 0 Å². The van der Waals surface area contributed by atoms with Gasteiger partial charge in [0.1, 0.15) is 0 Å². The van der Waals surface area contributed by atoms with E-state index >= 15 is 0 Å². The van der Waals surface area contributed by atoms with E-state index in [9.17, 15) is 19.6 Å². The third-order valence-electron chi connectivity index (χ3n) is 4.35. The second-order valence-corrected chi connectivity index (χ2v) is 9.86. The van der Waals surface area contributed by atoms with E-state index in [1.807, 2.05) is 48.5 Å². The minimum absolute atomic E-state index is 0.0553. The number of aliphatic hydroxyl groups is 1. The van der Waals surface area contributed by atoms with Crippen LogP contribution in [0, 0.1) is 0 Å². The number of hydrogen-bond acceptors (Lipinski definition) is 4. The zero-order valence-electron chi connectivity index (χ0n) is 14.7. The van der Waals surface area contributed by atoms with Gasteiger partial charge in [-0.15, -0.1) is 11.8 Å². The standard InChI is InChI=1S/C21H21O4PS/c22-20(23)21(24,13-16-6-2-1-3-7-16)14-26(25)15-27-19-11-10-17-8-4-5-9-18(17)12-19/h1-12,24,26H,13-15H2,(H,22,23). The minimum Gasteiger partial charge on any atom is -0.479 e. The van der Waals surface area contributed by atoms with Gasteiger partial charge in [0.25, 0.3) is 0 Å². The highest BCUT2D eigenvalue weighted by Gasteiger charge is 2.37. The van der Waals surface area contributed by atoms with Crippen molar-refractivity contribution in [3.63, 3.8) is 0 Å². The molecular formula is C21H21O4PS. The number of carboxylic acid groups (broad SMARTS) is 1. The lowest BCUT2D eigenvalue weighted by Gasteiger charge is -2.23. The number of aliphatic carboxylic acids is 1. The van der Waals surface area contributed by atoms with Gasteiger partial charge in [-0.2, -0.15) is 0 Å². The summed E-state index contributed by atoms with van der Waals surface area (Å²) >= 11 is 1.43. The largest absolute Gasteiger partial charge is 0.479 e. The van der Waals surface area contributed by atoms with E-state index < -0.39 is 19.4 Å². The number of rotatable bonds is 8. The quantitative estimate of drug-likeness (QED) is 0.430. The second kappa shape index (κ2) is 8.75. The van der Waals surface area contributed by atoms with Crippen molar-refractivity contribution in [2.75, 3.05) is 11.7 Å². The molecule has 0 aliphatic carbocycles. The maximum Gasteiger partial charge on any atom is 0.336 e. The number of fused-ring (bicyclic) bond motifs is 1. The molecule has 0 spiro atoms. The summed E-state index contributed by atoms with van der Waals surface area (Å²) in [5, 5.41) is 22.3. The number of thioether (sulfide) groups is 1. The normalized spacial score (nSPS) is 14.6. The highest BCUT2D eigenvalue weighted by molar-refractivity contribution is 8.03. The molecule has 140 valence electrons. The summed E-state index contributed by atoms with van der Waals surface area (Å²) in [5.41, 5.74) is -1.01. The molecule has 3 rings (SSSR count). The molecule has 6 heteroatoms. The SMILES string of the molecule is O=C(O)C(O)(Cc1ccccc1)C[PH](=O)CSc1ccc2ccccc2c1. The summed E-state index contributed by atoms with van der Waals surface area (Å²) in [5.74, 6) is -1.33. The van der Waals surface area contributed by atoms with E-state index in [1.165, 1.54) is 11.8 Å². The molecule has 2 unspecified atom stereocenters. The molecule has 0 fully saturated rings. The summed E-state index contributed by atoms with van der Waals surface area (Å²) in [7, 11) is -2.28. The minimum atomic E-state index is -2.28. The predicted octanol–water partition coefficient (Wildman–Crippen LogP) is 4.51. The number of benzene rings is 3. The highest BCUT2D eigenvalue weighted by Crippen LogP contribution is 2.36. The lowest BCUT2D eigenvalue weighted by atomic mass is 9.97. The molecule has 3 aromatic carbocycles. The maximum absolute atomic E-state index is 12.5. The molecule has 0 aliphatic rings. The van der Waals surface area contributed by atoms with Crippen molar-refractivity contribution in [1.29, 1.82) is 0 Å². The van der Waals surface area contributed by atoms with Gasteiger partial charge >= 0.3 is 5.97 Å². The Balaban J connectivity index is 1.64. The van der Waals surface area contributed by atoms with Crippen molar-refractivity contribution in [2.24, 2.45) is 0 Å². The van der Waals surface area contributed by atoms with Crippen LogP contribution in [-0.4, -0.2) is 33.4 Å². The molecule has 3 aromatic rings. The molecule has 0 heterocycles. The van der Waals surface area contributed by atoms with Gasteiger partial charge in [0.2, 0.25) is 0 Å². The van der Waals surface area contributed by atoms with Gasteiger partial charge in [0.15, 0.2) is 5.60 Å². The van der Waals surface area contributed by atoms with Crippen LogP contribution in [0.5, 0.6) is 0 Å². The first-order valence-electron chi connectivity index (χ1n) is 8.59. The smallest absolute Gasteiger partial charge is 0.336 e. The van der Waals surface area contributed by atoms with Crippen LogP contribution in [0.25, 0.3) is 10.8 Å². The number of carbonyl (C=O) groups is 1. The Morgan fingerprint density at radius 1 is 0.963 bits per heavy atom. The molecule has 2 atom stereocenters. The van der Waals surface area contributed by atoms with Crippen molar-refractivity contribution < 1.29 is 19.6 Å². The van der Waals surface area contributed by atoms with Gasteiger partial charge in [0, 0.05) is 23.0 Å². The van der Waals surface area contributed by atoms with E-state index in [2.05, 4.69) is 0 Å². The van der Waals surface area contributed by atoms with Crippen LogP contribution < -0.4 is 0 Å². The van der Waals surface area contributed by atoms with Crippen LogP contribution >= 0.6 is 19.6 Å². The first-order valence-corrected chi connectivity index (χ1v) is 11.4. The molecular weight excluding hydrogens is 379 g/mol. The maximum atomic E-state index is 12.5. The molecule has 0 bridgehead atoms. The Kier molecular flexibility index (Phi) is 6.38. The van der Waals surface area contributed by atoms with Crippen LogP contribution in [0.1, 0.15) is 5.56 Å². The third-order valence-corrected chi connectivity index (χ3v) is 7.78. The highest BCUT2D eigenvalue weighted by atomic mass is 32.2. The average molecular weight is 400 g/mol. The Morgan fingerprint density at radius 3 is 2.33 bits per heavy atom. The van der Waals surface area contributed by atoms with E-state index in [-0.39, 0.29) is 12.6 Å². The van der Waals surface area contributed by atoms with Gasteiger partial charge in [-0.1, -0.05) is 60.7 Å². The Hall–Kier alpha value is -2.07. The van der Waals surface area contributed by atoms with E-state index in [1.54, 1.807) is 24.3 Å². The fourth-order valence-corrected chi connectivity index (χ4v) is 5.97. The zero-order valence-corrected chi connectivity index (χ0v) is 16.5. The molecule has 0 aromatic heterocycles. The average Bonchev–Trinajstić information content (AvgIpc) is 2.67. The van der Waals surface area contributed by atoms with Crippen LogP contribution in [0.15, 0.2) is 77.7 Å². The summed E-state index contributed by atoms with van der Waals surface area (Å²) in [4.78, 5) is 12.6. The van der Waals surface area contributed by atoms with Crippen LogP contribution in [0.3, 0.4) is 0 Å². The molecule has 0 saturated carbocycles. The fourth-order valence-electron chi connectivity index (χ4n) is 2.95. The number of hydrogen-bond donors (Lipinski definition) is 2. The summed E-state index contributed by atoms with van der Waals surface area (Å²) in [6, 6.07) is 22.9. The molecule has 27 heavy (non-hydrogen) atoms. The van der Waals surface area contributed by atoms with Crippen molar-refractivity contribution in [3.8, 4) is 0 Å². The predicted molar refractivity (Wildman–Crippen MR) is 111 cm³/mol. The zero-order chi connectivity index (χ0) is 19.3. The summed E-state index contributed by atoms with van der Waals surface area (Å²) in [6.07, 6.45) is -0.289. The van der Waals surface area contributed by atoms with Crippen LogP contribution in [-0.2, 0) is 15.8 Å². The Labute approximate surface area is 163 Å². The molecule has 0 saturated heterocycles. The fraction of sp³-hybridized carbons (Fsp3) is 0.190. The molecule has 4 nitrogen and oxygen atoms in total. The Bertz CT molecular complexity index is 961. The lowest BCUT2D eigenvalue weighted by Crippen LogP contribution is -2.43. The number of carboxylic acids is 1. The van der Waals surface area contributed by atoms with Gasteiger partial charge in [0.05, 0.1) is 7.80 Å². The van der Waals surface area contributed by atoms with Crippen molar-refractivity contribution in [3.05, 3.63) is 78.4 Å². The van der Waals surface area contributed by atoms with Crippen molar-refractivity contribution >= 4 is 36.3 Å². The van der Waals surface area contributed by atoms with E-state index in [0.717, 1.165) is 15.7 Å². The lowest BCUT2D eigenvalue weighted by molar-refractivity contribution is -0.155. The Morgan fingerprint density at radius 2 is 1.63 bits per heavy atom. The van der Waals surface area contributed by atoms with Crippen LogP contribution in [0.4, 0.5) is 0 Å². The third kappa shape index (κ3) is 5.23. The molecule has 0 aliphatic heterocycles. The van der Waals surface area contributed by atoms with E-state index in [4.69, 9.17) is 0 Å². The van der Waals surface area contributed by atoms with Crippen LogP contribution in [0.2, 0.25) is 0 Å². The second-order valence-electron chi connectivity index (χ2n) is 6.51. The van der Waals surface area contributed by atoms with Gasteiger partial charge in [-0.3, -0.25) is 0 Å². The van der Waals surface area contributed by atoms with Crippen molar-refractivity contribution in [2.45, 2.75) is 16.9 Å². The first kappa shape index (κ1) is 19.7. The summed E-state index contributed by atoms with van der Waals surface area (Å²) < 4.78 is 12.5. The van der Waals surface area contributed by atoms with Gasteiger partial charge in [-0.25, -0.2) is 4.79 Å². The molecule has 0 radical (unpaired) electrons. The molecule has 2 N–H and O–H groups in total.